The Labute approximate surface area is 173 Å². The Morgan fingerprint density at radius 3 is 2.38 bits per heavy atom. The largest absolute Gasteiger partial charge is 0.358 e. The SMILES string of the molecule is CC(F)c1c(C(=O)NC(C)C(C)C)noc1COO.[Y].[Y]. The van der Waals surface area contributed by atoms with Crippen LogP contribution in [0.5, 0.6) is 0 Å². The third kappa shape index (κ3) is 6.79. The van der Waals surface area contributed by atoms with E-state index < -0.39 is 12.1 Å². The van der Waals surface area contributed by atoms with Gasteiger partial charge in [-0.1, -0.05) is 19.0 Å². The number of carbonyl (C=O) groups excluding carboxylic acids is 1. The van der Waals surface area contributed by atoms with Crippen molar-refractivity contribution < 1.29 is 89.3 Å². The van der Waals surface area contributed by atoms with Gasteiger partial charge in [-0.25, -0.2) is 9.28 Å². The van der Waals surface area contributed by atoms with Gasteiger partial charge in [0.1, 0.15) is 12.8 Å². The van der Waals surface area contributed by atoms with Gasteiger partial charge in [0.25, 0.3) is 5.91 Å². The molecule has 0 spiro atoms. The maximum atomic E-state index is 13.6. The molecule has 1 rings (SSSR count). The van der Waals surface area contributed by atoms with Gasteiger partial charge in [0.05, 0.1) is 5.56 Å². The number of hydrogen-bond acceptors (Lipinski definition) is 5. The topological polar surface area (TPSA) is 84.6 Å². The number of nitrogens with zero attached hydrogens (tertiary/aromatic N) is 1. The van der Waals surface area contributed by atoms with Gasteiger partial charge >= 0.3 is 0 Å². The van der Waals surface area contributed by atoms with Crippen molar-refractivity contribution in [3.8, 4) is 0 Å². The van der Waals surface area contributed by atoms with Crippen LogP contribution in [0.4, 0.5) is 4.39 Å². The molecule has 9 heteroatoms. The van der Waals surface area contributed by atoms with Crippen molar-refractivity contribution in [3.63, 3.8) is 0 Å². The monoisotopic (exact) mass is 452 g/mol. The molecule has 0 aliphatic carbocycles. The van der Waals surface area contributed by atoms with Crippen LogP contribution < -0.4 is 5.32 Å². The predicted octanol–water partition coefficient (Wildman–Crippen LogP) is 2.46. The minimum Gasteiger partial charge on any atom is -0.358 e. The molecule has 6 nitrogen and oxygen atoms in total. The number of nitrogens with one attached hydrogen (secondary N) is 1. The van der Waals surface area contributed by atoms with Gasteiger partial charge in [0.15, 0.2) is 11.5 Å². The molecule has 1 aromatic heterocycles. The predicted molar refractivity (Wildman–Crippen MR) is 65.2 cm³/mol. The van der Waals surface area contributed by atoms with Gasteiger partial charge < -0.3 is 9.84 Å². The van der Waals surface area contributed by atoms with Crippen LogP contribution in [0.2, 0.25) is 0 Å². The standard InChI is InChI=1S/C12H19FN2O4.2Y/c1-6(2)8(4)14-12(16)11-10(7(3)13)9(5-18-17)19-15-11;;/h6-8,17H,5H2,1-4H3,(H,14,16);;. The van der Waals surface area contributed by atoms with E-state index in [1.54, 1.807) is 0 Å². The molecule has 0 bridgehead atoms. The number of rotatable bonds is 6. The Morgan fingerprint density at radius 1 is 1.38 bits per heavy atom. The van der Waals surface area contributed by atoms with Gasteiger partial charge in [-0.2, -0.15) is 0 Å². The molecule has 2 N–H and O–H groups in total. The Kier molecular flexibility index (Phi) is 12.9. The van der Waals surface area contributed by atoms with Gasteiger partial charge in [0.2, 0.25) is 0 Å². The van der Waals surface area contributed by atoms with Crippen molar-refractivity contribution in [1.29, 1.82) is 0 Å². The number of halogens is 1. The summed E-state index contributed by atoms with van der Waals surface area (Å²) in [5.41, 5.74) is -0.114. The fraction of sp³-hybridized carbons (Fsp3) is 0.667. The third-order valence-electron chi connectivity index (χ3n) is 2.97. The molecule has 1 heterocycles. The summed E-state index contributed by atoms with van der Waals surface area (Å²) in [6.07, 6.45) is -1.45. The van der Waals surface area contributed by atoms with Crippen LogP contribution in [0.3, 0.4) is 0 Å². The summed E-state index contributed by atoms with van der Waals surface area (Å²) in [5, 5.41) is 14.6. The van der Waals surface area contributed by atoms with Crippen LogP contribution in [0, 0.1) is 5.92 Å². The summed E-state index contributed by atoms with van der Waals surface area (Å²) in [6, 6.07) is -0.0792. The van der Waals surface area contributed by atoms with Crippen LogP contribution in [0.25, 0.3) is 0 Å². The molecular weight excluding hydrogens is 433 g/mol. The van der Waals surface area contributed by atoms with Gasteiger partial charge in [-0.15, -0.1) is 0 Å². The summed E-state index contributed by atoms with van der Waals surface area (Å²) < 4.78 is 18.4. The molecule has 2 radical (unpaired) electrons. The molecule has 114 valence electrons. The van der Waals surface area contributed by atoms with Crippen molar-refractivity contribution in [1.82, 2.24) is 10.5 Å². The molecule has 0 saturated carbocycles. The van der Waals surface area contributed by atoms with E-state index in [1.807, 2.05) is 20.8 Å². The molecule has 2 unspecified atom stereocenters. The fourth-order valence-corrected chi connectivity index (χ4v) is 1.51. The molecule has 0 fully saturated rings. The average molecular weight is 452 g/mol. The molecule has 1 aromatic rings. The molecule has 0 saturated heterocycles. The van der Waals surface area contributed by atoms with E-state index in [2.05, 4.69) is 15.4 Å². The van der Waals surface area contributed by atoms with Gasteiger partial charge in [-0.3, -0.25) is 10.1 Å². The van der Waals surface area contributed by atoms with Crippen LogP contribution in [0.15, 0.2) is 4.52 Å². The fourth-order valence-electron chi connectivity index (χ4n) is 1.51. The van der Waals surface area contributed by atoms with Crippen molar-refractivity contribution in [2.45, 2.75) is 46.5 Å². The summed E-state index contributed by atoms with van der Waals surface area (Å²) in [7, 11) is 0. The first-order valence-electron chi connectivity index (χ1n) is 6.08. The summed E-state index contributed by atoms with van der Waals surface area (Å²) in [5.74, 6) is -0.268. The Morgan fingerprint density at radius 2 is 1.95 bits per heavy atom. The van der Waals surface area contributed by atoms with E-state index in [4.69, 9.17) is 9.78 Å². The van der Waals surface area contributed by atoms with E-state index in [0.717, 1.165) is 0 Å². The Hall–Kier alpha value is 0.738. The second-order valence-electron chi connectivity index (χ2n) is 4.76. The zero-order valence-electron chi connectivity index (χ0n) is 12.6. The van der Waals surface area contributed by atoms with E-state index in [0.29, 0.717) is 0 Å². The first kappa shape index (κ1) is 24.0. The normalized spacial score (nSPS) is 13.1. The molecular formula is C12H19FN2O4Y2. The first-order chi connectivity index (χ1) is 8.88. The second-order valence-corrected chi connectivity index (χ2v) is 4.76. The number of hydrogen-bond donors (Lipinski definition) is 2. The number of carbonyl (C=O) groups is 1. The molecule has 1 amide bonds. The minimum absolute atomic E-state index is 0. The van der Waals surface area contributed by atoms with Gasteiger partial charge in [0, 0.05) is 71.5 Å². The van der Waals surface area contributed by atoms with Crippen molar-refractivity contribution in [2.75, 3.05) is 0 Å². The summed E-state index contributed by atoms with van der Waals surface area (Å²) >= 11 is 0. The molecule has 0 aliphatic rings. The Bertz CT molecular complexity index is 441. The molecule has 2 atom stereocenters. The zero-order chi connectivity index (χ0) is 14.6. The molecule has 0 aliphatic heterocycles. The maximum Gasteiger partial charge on any atom is 0.274 e. The van der Waals surface area contributed by atoms with E-state index in [-0.39, 0.29) is 101 Å². The minimum atomic E-state index is -1.45. The summed E-state index contributed by atoms with van der Waals surface area (Å²) in [4.78, 5) is 15.9. The van der Waals surface area contributed by atoms with Crippen LogP contribution in [-0.2, 0) is 76.9 Å². The smallest absolute Gasteiger partial charge is 0.274 e. The second kappa shape index (κ2) is 11.3. The Balaban J connectivity index is 0. The number of amides is 1. The van der Waals surface area contributed by atoms with Crippen molar-refractivity contribution in [3.05, 3.63) is 17.0 Å². The van der Waals surface area contributed by atoms with Crippen molar-refractivity contribution in [2.24, 2.45) is 5.92 Å². The van der Waals surface area contributed by atoms with E-state index in [1.165, 1.54) is 6.92 Å². The molecule has 21 heavy (non-hydrogen) atoms. The van der Waals surface area contributed by atoms with Crippen LogP contribution >= 0.6 is 0 Å². The summed E-state index contributed by atoms with van der Waals surface area (Å²) in [6.45, 7) is 6.66. The zero-order valence-corrected chi connectivity index (χ0v) is 18.3. The van der Waals surface area contributed by atoms with Crippen LogP contribution in [-0.4, -0.2) is 22.4 Å². The van der Waals surface area contributed by atoms with E-state index in [9.17, 15) is 9.18 Å². The third-order valence-corrected chi connectivity index (χ3v) is 2.97. The maximum absolute atomic E-state index is 13.6. The number of alkyl halides is 1. The van der Waals surface area contributed by atoms with Crippen molar-refractivity contribution >= 4 is 5.91 Å². The van der Waals surface area contributed by atoms with Crippen LogP contribution in [0.1, 0.15) is 55.7 Å². The quantitative estimate of drug-likeness (QED) is 0.512. The average Bonchev–Trinajstić information content (AvgIpc) is 2.73. The number of aromatic nitrogens is 1. The first-order valence-corrected chi connectivity index (χ1v) is 6.08. The van der Waals surface area contributed by atoms with Gasteiger partial charge in [-0.05, 0) is 19.8 Å². The molecule has 0 aromatic carbocycles. The van der Waals surface area contributed by atoms with E-state index >= 15 is 0 Å².